The predicted octanol–water partition coefficient (Wildman–Crippen LogP) is 7.48. The molecule has 0 aromatic heterocycles. The molecular weight excluding hydrogens is 547 g/mol. The second-order valence-electron chi connectivity index (χ2n) is 10.9. The lowest BCUT2D eigenvalue weighted by Crippen LogP contribution is -2.50. The number of hydrogen-bond acceptors (Lipinski definition) is 5. The molecule has 0 fully saturated rings. The van der Waals surface area contributed by atoms with Crippen molar-refractivity contribution in [1.82, 2.24) is 4.90 Å². The number of ether oxygens (including phenoxy) is 1. The number of nitrogens with zero attached hydrogens (tertiary/aromatic N) is 3. The summed E-state index contributed by atoms with van der Waals surface area (Å²) in [5, 5.41) is 20.2. The molecule has 0 radical (unpaired) electrons. The van der Waals surface area contributed by atoms with Gasteiger partial charge in [-0.2, -0.15) is 18.4 Å². The Bertz CT molecular complexity index is 1290. The lowest BCUT2D eigenvalue weighted by atomic mass is 9.86. The largest absolute Gasteiger partial charge is 0.494 e. The standard InChI is InChI=1S/C32H38F3N3O2S/c1-22(25-9-10-26(20-36)28(18-25)19-32(33,34)35)23(2)30(41)38(31(3,4)39)16-5-6-17-40-29-13-11-24(12-14-29)27-8-7-15-37-21-27/h8-14,18,21-23,39H,5-7,15-17,19H2,1-4H3. The molecule has 2 atom stereocenters. The molecule has 0 bridgehead atoms. The molecule has 1 aliphatic heterocycles. The van der Waals surface area contributed by atoms with Crippen LogP contribution < -0.4 is 4.74 Å². The number of hydrogen-bond donors (Lipinski definition) is 1. The molecular formula is C32H38F3N3O2S. The molecule has 2 aromatic carbocycles. The van der Waals surface area contributed by atoms with Crippen molar-refractivity contribution in [3.8, 4) is 11.8 Å². The topological polar surface area (TPSA) is 68.8 Å². The first-order valence-corrected chi connectivity index (χ1v) is 14.3. The van der Waals surface area contributed by atoms with Crippen LogP contribution in [0.15, 0.2) is 53.5 Å². The molecule has 1 N–H and O–H groups in total. The Labute approximate surface area is 246 Å². The third-order valence-corrected chi connectivity index (χ3v) is 7.91. The van der Waals surface area contributed by atoms with Crippen LogP contribution in [0.2, 0.25) is 0 Å². The lowest BCUT2D eigenvalue weighted by Gasteiger charge is -2.40. The number of aliphatic hydroxyl groups is 1. The second-order valence-corrected chi connectivity index (χ2v) is 11.4. The van der Waals surface area contributed by atoms with Crippen molar-refractivity contribution >= 4 is 29.0 Å². The first-order chi connectivity index (χ1) is 19.3. The fraction of sp³-hybridized carbons (Fsp3) is 0.469. The van der Waals surface area contributed by atoms with Crippen LogP contribution in [0.3, 0.4) is 0 Å². The summed E-state index contributed by atoms with van der Waals surface area (Å²) < 4.78 is 45.2. The van der Waals surface area contributed by atoms with Crippen LogP contribution in [-0.4, -0.2) is 52.8 Å². The number of benzene rings is 2. The van der Waals surface area contributed by atoms with Gasteiger partial charge in [-0.15, -0.1) is 0 Å². The molecule has 0 spiro atoms. The number of thiocarbonyl (C=S) groups is 1. The molecule has 3 rings (SSSR count). The predicted molar refractivity (Wildman–Crippen MR) is 161 cm³/mol. The van der Waals surface area contributed by atoms with E-state index in [0.717, 1.165) is 42.7 Å². The molecule has 41 heavy (non-hydrogen) atoms. The normalized spacial score (nSPS) is 15.0. The number of allylic oxidation sites excluding steroid dienone is 1. The Morgan fingerprint density at radius 3 is 2.44 bits per heavy atom. The number of dihydropyridines is 1. The maximum absolute atomic E-state index is 13.1. The highest BCUT2D eigenvalue weighted by Gasteiger charge is 2.32. The monoisotopic (exact) mass is 585 g/mol. The number of halogens is 3. The maximum atomic E-state index is 13.1. The summed E-state index contributed by atoms with van der Waals surface area (Å²) in [5.74, 6) is 0.308. The third kappa shape index (κ3) is 9.40. The smallest absolute Gasteiger partial charge is 0.393 e. The Hall–Kier alpha value is -3.22. The first-order valence-electron chi connectivity index (χ1n) is 13.9. The zero-order chi connectivity index (χ0) is 30.2. The highest BCUT2D eigenvalue weighted by atomic mass is 32.1. The van der Waals surface area contributed by atoms with Gasteiger partial charge in [-0.25, -0.2) is 0 Å². The number of rotatable bonds is 12. The molecule has 2 unspecified atom stereocenters. The van der Waals surface area contributed by atoms with Gasteiger partial charge in [0.2, 0.25) is 0 Å². The summed E-state index contributed by atoms with van der Waals surface area (Å²) in [6.07, 6.45) is 0.916. The van der Waals surface area contributed by atoms with Crippen LogP contribution in [0.25, 0.3) is 5.57 Å². The van der Waals surface area contributed by atoms with E-state index in [1.54, 1.807) is 24.8 Å². The summed E-state index contributed by atoms with van der Waals surface area (Å²) in [6, 6.07) is 14.4. The quantitative estimate of drug-likeness (QED) is 0.159. The maximum Gasteiger partial charge on any atom is 0.393 e. The summed E-state index contributed by atoms with van der Waals surface area (Å²) in [5.41, 5.74) is 1.65. The van der Waals surface area contributed by atoms with Gasteiger partial charge < -0.3 is 14.7 Å². The summed E-state index contributed by atoms with van der Waals surface area (Å²) in [6.45, 7) is 9.00. The molecule has 0 aliphatic carbocycles. The number of nitriles is 1. The molecule has 9 heteroatoms. The van der Waals surface area contributed by atoms with Crippen LogP contribution in [0.4, 0.5) is 13.2 Å². The van der Waals surface area contributed by atoms with Crippen molar-refractivity contribution in [3.63, 3.8) is 0 Å². The number of unbranched alkanes of at least 4 members (excludes halogenated alkanes) is 1. The summed E-state index contributed by atoms with van der Waals surface area (Å²) in [7, 11) is 0. The Morgan fingerprint density at radius 1 is 1.15 bits per heavy atom. The van der Waals surface area contributed by atoms with E-state index in [-0.39, 0.29) is 23.0 Å². The Balaban J connectivity index is 1.57. The van der Waals surface area contributed by atoms with E-state index in [4.69, 9.17) is 17.0 Å². The molecule has 0 saturated carbocycles. The van der Waals surface area contributed by atoms with Gasteiger partial charge in [-0.1, -0.05) is 56.4 Å². The minimum Gasteiger partial charge on any atom is -0.494 e. The van der Waals surface area contributed by atoms with Crippen molar-refractivity contribution in [3.05, 3.63) is 70.8 Å². The SMILES string of the molecule is CC(C(=S)N(CCCCOc1ccc(C2=CCCN=C2)cc1)C(C)(C)O)C(C)c1ccc(C#N)c(CC(F)(F)F)c1. The minimum atomic E-state index is -4.42. The minimum absolute atomic E-state index is 0.0147. The highest BCUT2D eigenvalue weighted by Crippen LogP contribution is 2.32. The van der Waals surface area contributed by atoms with Crippen molar-refractivity contribution in [2.24, 2.45) is 10.9 Å². The van der Waals surface area contributed by atoms with E-state index >= 15 is 0 Å². The summed E-state index contributed by atoms with van der Waals surface area (Å²) in [4.78, 5) is 6.63. The number of aliphatic imine (C=N–C) groups is 1. The van der Waals surface area contributed by atoms with E-state index in [0.29, 0.717) is 23.7 Å². The van der Waals surface area contributed by atoms with Gasteiger partial charge in [-0.3, -0.25) is 4.99 Å². The lowest BCUT2D eigenvalue weighted by molar-refractivity contribution is -0.127. The van der Waals surface area contributed by atoms with Crippen molar-refractivity contribution in [2.45, 2.75) is 71.2 Å². The van der Waals surface area contributed by atoms with Gasteiger partial charge in [0, 0.05) is 25.2 Å². The Kier molecular flexibility index (Phi) is 11.1. The zero-order valence-corrected chi connectivity index (χ0v) is 24.9. The van der Waals surface area contributed by atoms with Gasteiger partial charge in [0.15, 0.2) is 0 Å². The van der Waals surface area contributed by atoms with E-state index in [1.165, 1.54) is 12.1 Å². The van der Waals surface area contributed by atoms with E-state index < -0.39 is 18.3 Å². The molecule has 0 amide bonds. The van der Waals surface area contributed by atoms with E-state index in [1.807, 2.05) is 50.4 Å². The van der Waals surface area contributed by atoms with Gasteiger partial charge in [0.05, 0.1) is 29.6 Å². The van der Waals surface area contributed by atoms with Crippen molar-refractivity contribution in [1.29, 1.82) is 5.26 Å². The van der Waals surface area contributed by atoms with Crippen LogP contribution in [-0.2, 0) is 6.42 Å². The van der Waals surface area contributed by atoms with Crippen molar-refractivity contribution in [2.75, 3.05) is 19.7 Å². The average molecular weight is 586 g/mol. The van der Waals surface area contributed by atoms with Gasteiger partial charge >= 0.3 is 6.18 Å². The third-order valence-electron chi connectivity index (χ3n) is 7.32. The summed E-state index contributed by atoms with van der Waals surface area (Å²) >= 11 is 5.80. The van der Waals surface area contributed by atoms with Gasteiger partial charge in [0.1, 0.15) is 11.5 Å². The fourth-order valence-corrected chi connectivity index (χ4v) is 5.30. The molecule has 5 nitrogen and oxygen atoms in total. The van der Waals surface area contributed by atoms with Gasteiger partial charge in [-0.05, 0) is 79.5 Å². The van der Waals surface area contributed by atoms with E-state index in [9.17, 15) is 23.5 Å². The molecule has 220 valence electrons. The van der Waals surface area contributed by atoms with Crippen LogP contribution >= 0.6 is 12.2 Å². The Morgan fingerprint density at radius 2 is 1.85 bits per heavy atom. The first kappa shape index (κ1) is 32.3. The zero-order valence-electron chi connectivity index (χ0n) is 24.0. The molecule has 0 saturated heterocycles. The number of alkyl halides is 3. The van der Waals surface area contributed by atoms with Crippen LogP contribution in [0.5, 0.6) is 5.75 Å². The fourth-order valence-electron chi connectivity index (χ4n) is 4.78. The molecule has 2 aromatic rings. The molecule has 1 aliphatic rings. The van der Waals surface area contributed by atoms with Crippen molar-refractivity contribution < 1.29 is 23.0 Å². The van der Waals surface area contributed by atoms with E-state index in [2.05, 4.69) is 11.1 Å². The highest BCUT2D eigenvalue weighted by molar-refractivity contribution is 7.80. The molecule has 1 heterocycles. The average Bonchev–Trinajstić information content (AvgIpc) is 2.93. The van der Waals surface area contributed by atoms with Crippen LogP contribution in [0, 0.1) is 17.2 Å². The van der Waals surface area contributed by atoms with Crippen LogP contribution in [0.1, 0.15) is 75.1 Å². The van der Waals surface area contributed by atoms with Gasteiger partial charge in [0.25, 0.3) is 0 Å². The second kappa shape index (κ2) is 14.1.